The highest BCUT2D eigenvalue weighted by Crippen LogP contribution is 2.35. The lowest BCUT2D eigenvalue weighted by Gasteiger charge is -2.47. The monoisotopic (exact) mass is 342 g/mol. The van der Waals surface area contributed by atoms with Crippen LogP contribution in [-0.2, 0) is 0 Å². The van der Waals surface area contributed by atoms with E-state index in [-0.39, 0.29) is 6.04 Å². The number of aromatic hydroxyl groups is 1. The Morgan fingerprint density at radius 2 is 2.08 bits per heavy atom. The summed E-state index contributed by atoms with van der Waals surface area (Å²) in [6, 6.07) is 11.0. The van der Waals surface area contributed by atoms with Gasteiger partial charge in [0.25, 0.3) is 0 Å². The summed E-state index contributed by atoms with van der Waals surface area (Å²) in [5, 5.41) is 14.3. The van der Waals surface area contributed by atoms with Crippen LogP contribution in [0, 0.1) is 0 Å². The van der Waals surface area contributed by atoms with Crippen molar-refractivity contribution in [1.82, 2.24) is 9.80 Å². The minimum absolute atomic E-state index is 0.187. The second kappa shape index (κ2) is 7.51. The van der Waals surface area contributed by atoms with Crippen LogP contribution in [0.1, 0.15) is 31.0 Å². The smallest absolute Gasteiger partial charge is 0.115 e. The lowest BCUT2D eigenvalue weighted by Crippen LogP contribution is -2.57. The molecule has 1 aromatic heterocycles. The average molecular weight is 343 g/mol. The van der Waals surface area contributed by atoms with Gasteiger partial charge in [-0.2, -0.15) is 11.3 Å². The number of piperazine rings is 1. The van der Waals surface area contributed by atoms with Gasteiger partial charge in [-0.25, -0.2) is 0 Å². The van der Waals surface area contributed by atoms with Gasteiger partial charge in [0.05, 0.1) is 6.04 Å². The summed E-state index contributed by atoms with van der Waals surface area (Å²) in [6.45, 7) is 11.4. The highest BCUT2D eigenvalue weighted by molar-refractivity contribution is 7.08. The van der Waals surface area contributed by atoms with Gasteiger partial charge in [0.1, 0.15) is 5.75 Å². The maximum Gasteiger partial charge on any atom is 0.115 e. The molecular weight excluding hydrogens is 316 g/mol. The third-order valence-corrected chi connectivity index (χ3v) is 5.60. The van der Waals surface area contributed by atoms with Crippen molar-refractivity contribution in [3.8, 4) is 5.75 Å². The minimum Gasteiger partial charge on any atom is -0.508 e. The zero-order valence-corrected chi connectivity index (χ0v) is 15.2. The van der Waals surface area contributed by atoms with Crippen molar-refractivity contribution < 1.29 is 5.11 Å². The zero-order valence-electron chi connectivity index (χ0n) is 14.4. The lowest BCUT2D eigenvalue weighted by atomic mass is 9.95. The van der Waals surface area contributed by atoms with Crippen LogP contribution in [0.15, 0.2) is 53.7 Å². The summed E-state index contributed by atoms with van der Waals surface area (Å²) in [4.78, 5) is 5.06. The maximum atomic E-state index is 9.95. The molecule has 2 heterocycles. The van der Waals surface area contributed by atoms with Crippen LogP contribution in [0.2, 0.25) is 0 Å². The van der Waals surface area contributed by atoms with Gasteiger partial charge >= 0.3 is 0 Å². The number of benzene rings is 1. The van der Waals surface area contributed by atoms with Gasteiger partial charge in [0.2, 0.25) is 0 Å². The Morgan fingerprint density at radius 3 is 2.75 bits per heavy atom. The molecule has 1 fully saturated rings. The quantitative estimate of drug-likeness (QED) is 0.828. The molecule has 0 unspecified atom stereocenters. The van der Waals surface area contributed by atoms with Gasteiger partial charge in [0, 0.05) is 31.7 Å². The molecule has 3 atom stereocenters. The third kappa shape index (κ3) is 3.56. The molecule has 1 saturated heterocycles. The van der Waals surface area contributed by atoms with E-state index in [9.17, 15) is 5.11 Å². The van der Waals surface area contributed by atoms with Crippen LogP contribution in [0.3, 0.4) is 0 Å². The Labute approximate surface area is 148 Å². The van der Waals surface area contributed by atoms with Crippen molar-refractivity contribution in [3.05, 3.63) is 64.9 Å². The molecule has 3 nitrogen and oxygen atoms in total. The lowest BCUT2D eigenvalue weighted by molar-refractivity contribution is 0.0307. The molecule has 0 spiro atoms. The Hall–Kier alpha value is -1.62. The molecule has 128 valence electrons. The number of phenolic OH excluding ortho intramolecular Hbond substituents is 1. The number of hydrogen-bond acceptors (Lipinski definition) is 4. The number of phenols is 1. The zero-order chi connectivity index (χ0) is 17.1. The first kappa shape index (κ1) is 17.2. The summed E-state index contributed by atoms with van der Waals surface area (Å²) in [5.41, 5.74) is 2.46. The molecule has 1 N–H and O–H groups in total. The molecule has 1 aliphatic heterocycles. The molecular formula is C20H26N2OS. The van der Waals surface area contributed by atoms with E-state index in [1.165, 1.54) is 5.56 Å². The predicted octanol–water partition coefficient (Wildman–Crippen LogP) is 4.12. The second-order valence-corrected chi connectivity index (χ2v) is 7.47. The molecule has 0 aliphatic carbocycles. The van der Waals surface area contributed by atoms with Crippen LogP contribution < -0.4 is 0 Å². The molecule has 1 aromatic carbocycles. The summed E-state index contributed by atoms with van der Waals surface area (Å²) in [5.74, 6) is 0.332. The van der Waals surface area contributed by atoms with Gasteiger partial charge in [-0.1, -0.05) is 18.2 Å². The molecule has 0 saturated carbocycles. The van der Waals surface area contributed by atoms with E-state index in [1.54, 1.807) is 17.4 Å². The van der Waals surface area contributed by atoms with Crippen molar-refractivity contribution in [3.63, 3.8) is 0 Å². The van der Waals surface area contributed by atoms with Crippen molar-refractivity contribution in [2.75, 3.05) is 19.6 Å². The van der Waals surface area contributed by atoms with Gasteiger partial charge in [-0.15, -0.1) is 6.58 Å². The van der Waals surface area contributed by atoms with E-state index in [1.807, 2.05) is 18.2 Å². The van der Waals surface area contributed by atoms with E-state index in [0.29, 0.717) is 17.8 Å². The number of thiophene rings is 1. The Bertz CT molecular complexity index is 670. The van der Waals surface area contributed by atoms with Crippen LogP contribution >= 0.6 is 11.3 Å². The number of nitrogens with zero attached hydrogens (tertiary/aromatic N) is 2. The average Bonchev–Trinajstić information content (AvgIpc) is 3.06. The minimum atomic E-state index is 0.187. The van der Waals surface area contributed by atoms with Crippen LogP contribution in [0.25, 0.3) is 0 Å². The predicted molar refractivity (Wildman–Crippen MR) is 102 cm³/mol. The molecule has 24 heavy (non-hydrogen) atoms. The van der Waals surface area contributed by atoms with Crippen LogP contribution in [0.5, 0.6) is 5.75 Å². The molecule has 0 amide bonds. The van der Waals surface area contributed by atoms with Crippen molar-refractivity contribution in [2.45, 2.75) is 32.0 Å². The molecule has 1 aliphatic rings. The van der Waals surface area contributed by atoms with Gasteiger partial charge in [0.15, 0.2) is 0 Å². The van der Waals surface area contributed by atoms with E-state index < -0.39 is 0 Å². The maximum absolute atomic E-state index is 9.95. The van der Waals surface area contributed by atoms with Crippen molar-refractivity contribution in [2.24, 2.45) is 0 Å². The number of hydrogen-bond donors (Lipinski definition) is 1. The normalized spacial score (nSPS) is 23.9. The largest absolute Gasteiger partial charge is 0.508 e. The second-order valence-electron chi connectivity index (χ2n) is 6.69. The molecule has 3 rings (SSSR count). The Morgan fingerprint density at radius 1 is 1.25 bits per heavy atom. The molecule has 0 radical (unpaired) electrons. The van der Waals surface area contributed by atoms with Crippen molar-refractivity contribution in [1.29, 1.82) is 0 Å². The van der Waals surface area contributed by atoms with Crippen LogP contribution in [0.4, 0.5) is 0 Å². The topological polar surface area (TPSA) is 26.7 Å². The Kier molecular flexibility index (Phi) is 5.39. The Balaban J connectivity index is 1.93. The third-order valence-electron chi connectivity index (χ3n) is 4.90. The summed E-state index contributed by atoms with van der Waals surface area (Å²) in [6.07, 6.45) is 1.99. The van der Waals surface area contributed by atoms with E-state index in [2.05, 4.69) is 53.1 Å². The molecule has 2 aromatic rings. The highest BCUT2D eigenvalue weighted by Gasteiger charge is 2.34. The van der Waals surface area contributed by atoms with Crippen LogP contribution in [-0.4, -0.2) is 46.6 Å². The summed E-state index contributed by atoms with van der Waals surface area (Å²) < 4.78 is 0. The fraction of sp³-hybridized carbons (Fsp3) is 0.400. The number of rotatable bonds is 5. The van der Waals surface area contributed by atoms with E-state index >= 15 is 0 Å². The fourth-order valence-corrected chi connectivity index (χ4v) is 4.38. The first-order chi connectivity index (χ1) is 11.6. The standard InChI is InChI=1S/C20H26N2OS/c1-4-9-21-12-16(3)22(13-15(21)2)20(18-8-10-24-14-18)17-6-5-7-19(23)11-17/h4-8,10-11,14-16,20,23H,1,9,12-13H2,2-3H3/t15-,16+,20-/m0/s1. The van der Waals surface area contributed by atoms with E-state index in [4.69, 9.17) is 0 Å². The SMILES string of the molecule is C=CCN1C[C@@H](C)N([C@H](c2ccsc2)c2cccc(O)c2)C[C@@H]1C. The van der Waals surface area contributed by atoms with Gasteiger partial charge in [-0.05, 0) is 53.9 Å². The van der Waals surface area contributed by atoms with Gasteiger partial charge < -0.3 is 5.11 Å². The summed E-state index contributed by atoms with van der Waals surface area (Å²) >= 11 is 1.73. The van der Waals surface area contributed by atoms with Gasteiger partial charge in [-0.3, -0.25) is 9.80 Å². The first-order valence-corrected chi connectivity index (χ1v) is 9.46. The molecule has 0 bridgehead atoms. The molecule has 4 heteroatoms. The van der Waals surface area contributed by atoms with E-state index in [0.717, 1.165) is 25.2 Å². The summed E-state index contributed by atoms with van der Waals surface area (Å²) in [7, 11) is 0. The van der Waals surface area contributed by atoms with Crippen molar-refractivity contribution >= 4 is 11.3 Å². The fourth-order valence-electron chi connectivity index (χ4n) is 3.71. The first-order valence-electron chi connectivity index (χ1n) is 8.52. The highest BCUT2D eigenvalue weighted by atomic mass is 32.1.